The minimum Gasteiger partial charge on any atom is -0.311 e. The molecular formula is C100H76BN3Si2. The number of aryl methyl sites for hydroxylation is 4. The van der Waals surface area contributed by atoms with Gasteiger partial charge in [-0.15, -0.1) is 0 Å². The van der Waals surface area contributed by atoms with Gasteiger partial charge in [-0.2, -0.15) is 0 Å². The average Bonchev–Trinajstić information content (AvgIpc) is 0.860. The second-order valence-electron chi connectivity index (χ2n) is 29.1. The van der Waals surface area contributed by atoms with Crippen LogP contribution < -0.4 is 67.7 Å². The smallest absolute Gasteiger partial charge is 0.252 e. The van der Waals surface area contributed by atoms with Crippen LogP contribution in [0, 0.1) is 27.7 Å². The van der Waals surface area contributed by atoms with Gasteiger partial charge in [-0.05, 0) is 180 Å². The monoisotopic (exact) mass is 1390 g/mol. The van der Waals surface area contributed by atoms with E-state index in [-0.39, 0.29) is 6.71 Å². The first-order valence-electron chi connectivity index (χ1n) is 37.1. The van der Waals surface area contributed by atoms with Gasteiger partial charge in [0.05, 0.1) is 16.7 Å². The van der Waals surface area contributed by atoms with Crippen molar-refractivity contribution in [3.8, 4) is 39.1 Å². The van der Waals surface area contributed by atoms with Crippen molar-refractivity contribution in [2.45, 2.75) is 27.7 Å². The van der Waals surface area contributed by atoms with Crippen LogP contribution in [0.5, 0.6) is 0 Å². The lowest BCUT2D eigenvalue weighted by molar-refractivity contribution is 1.16. The van der Waals surface area contributed by atoms with Gasteiger partial charge in [-0.1, -0.05) is 350 Å². The predicted octanol–water partition coefficient (Wildman–Crippen LogP) is 17.9. The highest BCUT2D eigenvalue weighted by Crippen LogP contribution is 2.48. The molecule has 0 fully saturated rings. The lowest BCUT2D eigenvalue weighted by Crippen LogP contribution is -2.74. The third-order valence-electron chi connectivity index (χ3n) is 22.5. The Bertz CT molecular complexity index is 5920. The molecule has 0 radical (unpaired) electrons. The zero-order chi connectivity index (χ0) is 71.0. The van der Waals surface area contributed by atoms with Crippen LogP contribution in [0.25, 0.3) is 60.9 Å². The van der Waals surface area contributed by atoms with Crippen LogP contribution in [-0.4, -0.2) is 27.4 Å². The van der Waals surface area contributed by atoms with Gasteiger partial charge in [0.2, 0.25) is 0 Å². The number of fused-ring (bicyclic) bond motifs is 7. The maximum absolute atomic E-state index is 3.22. The van der Waals surface area contributed by atoms with Gasteiger partial charge in [0.1, 0.15) is 0 Å². The number of aromatic nitrogens is 1. The highest BCUT2D eigenvalue weighted by atomic mass is 28.3. The number of hydrogen-bond acceptors (Lipinski definition) is 2. The van der Waals surface area contributed by atoms with Crippen molar-refractivity contribution in [3.63, 3.8) is 0 Å². The summed E-state index contributed by atoms with van der Waals surface area (Å²) in [7, 11) is -6.31. The lowest BCUT2D eigenvalue weighted by atomic mass is 9.33. The quantitative estimate of drug-likeness (QED) is 0.0794. The molecule has 0 spiro atoms. The lowest BCUT2D eigenvalue weighted by Gasteiger charge is -2.45. The van der Waals surface area contributed by atoms with E-state index in [4.69, 9.17) is 0 Å². The average molecular weight is 1390 g/mol. The zero-order valence-corrected chi connectivity index (χ0v) is 61.9. The Morgan fingerprint density at radius 3 is 0.991 bits per heavy atom. The molecule has 17 aromatic rings. The van der Waals surface area contributed by atoms with Crippen molar-refractivity contribution >= 4 is 137 Å². The normalized spacial score (nSPS) is 12.5. The summed E-state index contributed by atoms with van der Waals surface area (Å²) in [5.41, 5.74) is 25.9. The van der Waals surface area contributed by atoms with Gasteiger partial charge in [0, 0.05) is 44.9 Å². The Labute approximate surface area is 624 Å². The van der Waals surface area contributed by atoms with Crippen LogP contribution in [-0.2, 0) is 0 Å². The first-order valence-corrected chi connectivity index (χ1v) is 41.1. The summed E-state index contributed by atoms with van der Waals surface area (Å²) in [4.78, 5) is 5.35. The van der Waals surface area contributed by atoms with Gasteiger partial charge in [0.15, 0.2) is 16.1 Å². The fourth-order valence-corrected chi connectivity index (χ4v) is 27.9. The minimum atomic E-state index is -3.22. The summed E-state index contributed by atoms with van der Waals surface area (Å²) in [6.07, 6.45) is 0. The zero-order valence-electron chi connectivity index (χ0n) is 59.9. The second-order valence-corrected chi connectivity index (χ2v) is 36.7. The molecular weight excluding hydrogens is 1310 g/mol. The van der Waals surface area contributed by atoms with Crippen molar-refractivity contribution in [1.29, 1.82) is 0 Å². The Hall–Kier alpha value is -12.6. The highest BCUT2D eigenvalue weighted by Gasteiger charge is 2.48. The van der Waals surface area contributed by atoms with Crippen LogP contribution >= 0.6 is 0 Å². The molecule has 2 aliphatic rings. The van der Waals surface area contributed by atoms with Gasteiger partial charge < -0.3 is 14.4 Å². The molecule has 502 valence electrons. The Morgan fingerprint density at radius 2 is 0.566 bits per heavy atom. The number of anilines is 6. The fourth-order valence-electron chi connectivity index (χ4n) is 18.3. The second kappa shape index (κ2) is 26.3. The third-order valence-corrected chi connectivity index (χ3v) is 32.0. The number of nitrogens with zero attached hydrogens (tertiary/aromatic N) is 3. The maximum Gasteiger partial charge on any atom is 0.252 e. The molecule has 1 aromatic heterocycles. The standard InChI is InChI=1S/C100H76BN3Si2/c1-69-55-70(2)58-76(57-69)74-51-53-96-92(63-74)101-93-64-75(77-59-71(3)56-72(4)60-77)52-54-97(93)104(80-61-78(73-31-12-5-13-32-73)62-89(66-80)106(85-40-20-9-21-41-85,86-42-22-10-23-43-86)87-44-24-11-25-45-87)99-68-81(103-94-49-28-26-47-90(94)91-48-27-29-50-95(91)103)67-98(100(99)101)102(96)79-33-30-46-88(65-79)105(82-34-14-6-15-35-82,83-36-16-7-17-37-83)84-38-18-8-19-39-84/h5-68H,1-4H3. The molecule has 19 rings (SSSR count). The van der Waals surface area contributed by atoms with E-state index in [2.05, 4.69) is 430 Å². The van der Waals surface area contributed by atoms with Crippen LogP contribution in [0.2, 0.25) is 0 Å². The minimum absolute atomic E-state index is 0.246. The molecule has 0 bridgehead atoms. The molecule has 3 nitrogen and oxygen atoms in total. The van der Waals surface area contributed by atoms with E-state index in [0.717, 1.165) is 62.0 Å². The Morgan fingerprint density at radius 1 is 0.217 bits per heavy atom. The number of hydrogen-bond donors (Lipinski definition) is 0. The van der Waals surface area contributed by atoms with E-state index in [1.54, 1.807) is 0 Å². The van der Waals surface area contributed by atoms with E-state index >= 15 is 0 Å². The molecule has 16 aromatic carbocycles. The molecule has 0 aliphatic carbocycles. The SMILES string of the molecule is Cc1cc(C)cc(-c2ccc3c(c2)B2c4cc(-c5cc(C)cc(C)c5)ccc4N(c4cc(-c5ccccc5)cc([Si](c5ccccc5)(c5ccccc5)c5ccccc5)c4)c4cc(-n5c6ccccc6c6ccccc65)cc(c42)N3c2cccc([Si](c3ccccc3)(c3ccccc3)c3ccccc3)c2)c1. The molecule has 6 heteroatoms. The first kappa shape index (κ1) is 64.3. The largest absolute Gasteiger partial charge is 0.311 e. The van der Waals surface area contributed by atoms with Gasteiger partial charge in [-0.25, -0.2) is 0 Å². The summed E-state index contributed by atoms with van der Waals surface area (Å²) in [6, 6.07) is 149. The molecule has 0 saturated carbocycles. The van der Waals surface area contributed by atoms with Gasteiger partial charge >= 0.3 is 0 Å². The molecule has 0 unspecified atom stereocenters. The summed E-state index contributed by atoms with van der Waals surface area (Å²) >= 11 is 0. The van der Waals surface area contributed by atoms with Crippen molar-refractivity contribution in [1.82, 2.24) is 4.57 Å². The highest BCUT2D eigenvalue weighted by molar-refractivity contribution is 7.20. The predicted molar refractivity (Wildman–Crippen MR) is 457 cm³/mol. The van der Waals surface area contributed by atoms with Crippen molar-refractivity contribution in [3.05, 3.63) is 411 Å². The first-order chi connectivity index (χ1) is 52.2. The van der Waals surface area contributed by atoms with Crippen LogP contribution in [0.4, 0.5) is 34.1 Å². The van der Waals surface area contributed by atoms with Crippen LogP contribution in [0.15, 0.2) is 388 Å². The molecule has 106 heavy (non-hydrogen) atoms. The van der Waals surface area contributed by atoms with Crippen molar-refractivity contribution < 1.29 is 0 Å². The molecule has 0 amide bonds. The molecule has 2 aliphatic heterocycles. The summed E-state index contributed by atoms with van der Waals surface area (Å²) in [5, 5.41) is 13.0. The van der Waals surface area contributed by atoms with E-state index < -0.39 is 16.1 Å². The van der Waals surface area contributed by atoms with Crippen molar-refractivity contribution in [2.24, 2.45) is 0 Å². The van der Waals surface area contributed by atoms with Gasteiger partial charge in [0.25, 0.3) is 6.71 Å². The molecule has 3 heterocycles. The maximum atomic E-state index is 2.69. The summed E-state index contributed by atoms with van der Waals surface area (Å²) < 4.78 is 2.54. The van der Waals surface area contributed by atoms with E-state index in [9.17, 15) is 0 Å². The number of para-hydroxylation sites is 2. The van der Waals surface area contributed by atoms with E-state index in [1.165, 1.54) is 113 Å². The van der Waals surface area contributed by atoms with Gasteiger partial charge in [-0.3, -0.25) is 0 Å². The molecule has 0 atom stereocenters. The summed E-state index contributed by atoms with van der Waals surface area (Å²) in [6.45, 7) is 8.68. The van der Waals surface area contributed by atoms with Crippen LogP contribution in [0.3, 0.4) is 0 Å². The Balaban J connectivity index is 0.980. The van der Waals surface area contributed by atoms with Crippen molar-refractivity contribution in [2.75, 3.05) is 9.80 Å². The third kappa shape index (κ3) is 10.6. The molecule has 0 N–H and O–H groups in total. The van der Waals surface area contributed by atoms with E-state index in [1.807, 2.05) is 0 Å². The summed E-state index contributed by atoms with van der Waals surface area (Å²) in [5.74, 6) is 0. The van der Waals surface area contributed by atoms with Crippen LogP contribution in [0.1, 0.15) is 22.3 Å². The van der Waals surface area contributed by atoms with E-state index in [0.29, 0.717) is 0 Å². The topological polar surface area (TPSA) is 11.4 Å². The number of rotatable bonds is 14. The number of benzene rings is 16. The Kier molecular flexibility index (Phi) is 15.9. The molecule has 0 saturated heterocycles. The fraction of sp³-hybridized carbons (Fsp3) is 0.0400.